The molecule has 0 amide bonds. The van der Waals surface area contributed by atoms with Crippen molar-refractivity contribution >= 4 is 21.4 Å². The second-order valence-electron chi connectivity index (χ2n) is 0.602. The lowest BCUT2D eigenvalue weighted by atomic mass is 11.7. The maximum atomic E-state index is 5.11. The van der Waals surface area contributed by atoms with E-state index in [1.807, 2.05) is 6.55 Å². The van der Waals surface area contributed by atoms with Crippen LogP contribution in [0, 0.1) is 0 Å². The number of rotatable bonds is 2. The molecule has 0 aliphatic rings. The Morgan fingerprint density at radius 3 is 2.60 bits per heavy atom. The summed E-state index contributed by atoms with van der Waals surface area (Å²) >= 11 is 5.11. The molecule has 0 atom stereocenters. The van der Waals surface area contributed by atoms with Crippen LogP contribution in [0.25, 0.3) is 0 Å². The Morgan fingerprint density at radius 2 is 2.60 bits per heavy atom. The molecule has 0 radical (unpaired) electrons. The van der Waals surface area contributed by atoms with E-state index < -0.39 is 0 Å². The third-order valence-corrected chi connectivity index (χ3v) is 1.31. The van der Waals surface area contributed by atoms with Crippen LogP contribution in [0.3, 0.4) is 0 Å². The number of alkyl halides is 1. The van der Waals surface area contributed by atoms with Gasteiger partial charge in [0.1, 0.15) is 6.07 Å². The van der Waals surface area contributed by atoms with Gasteiger partial charge in [0, 0.05) is 0 Å². The minimum Gasteiger partial charge on any atom is -0.411 e. The van der Waals surface area contributed by atoms with Gasteiger partial charge in [-0.25, -0.2) is 0 Å². The van der Waals surface area contributed by atoms with Crippen LogP contribution >= 0.6 is 11.6 Å². The number of hydrogen-bond acceptors (Lipinski definition) is 1. The molecule has 0 saturated heterocycles. The van der Waals surface area contributed by atoms with Crippen molar-refractivity contribution in [2.24, 2.45) is 0 Å². The van der Waals surface area contributed by atoms with E-state index in [9.17, 15) is 0 Å². The second kappa shape index (κ2) is 4.47. The van der Waals surface area contributed by atoms with Gasteiger partial charge in [0.25, 0.3) is 0 Å². The molecule has 0 heterocycles. The standard InChI is InChI=1S/C2H7ClOSi/c1-5-4-2-3/h2,5H2,1H3. The molecule has 0 unspecified atom stereocenters. The van der Waals surface area contributed by atoms with Crippen molar-refractivity contribution in [2.75, 3.05) is 6.07 Å². The van der Waals surface area contributed by atoms with Gasteiger partial charge < -0.3 is 4.43 Å². The fourth-order valence-electron chi connectivity index (χ4n) is 0.0772. The molecule has 0 aromatic carbocycles. The highest BCUT2D eigenvalue weighted by atomic mass is 35.5. The van der Waals surface area contributed by atoms with Crippen LogP contribution in [0.5, 0.6) is 0 Å². The topological polar surface area (TPSA) is 9.23 Å². The van der Waals surface area contributed by atoms with Crippen LogP contribution in [0.2, 0.25) is 6.55 Å². The van der Waals surface area contributed by atoms with Crippen LogP contribution in [0.15, 0.2) is 0 Å². The zero-order valence-electron chi connectivity index (χ0n) is 3.20. The van der Waals surface area contributed by atoms with Crippen molar-refractivity contribution in [3.63, 3.8) is 0 Å². The van der Waals surface area contributed by atoms with Gasteiger partial charge in [-0.3, -0.25) is 0 Å². The minimum atomic E-state index is -0.218. The summed E-state index contributed by atoms with van der Waals surface area (Å²) in [5, 5.41) is 0. The highest BCUT2D eigenvalue weighted by Crippen LogP contribution is 1.71. The summed E-state index contributed by atoms with van der Waals surface area (Å²) in [5.74, 6) is 0. The zero-order valence-corrected chi connectivity index (χ0v) is 5.37. The average molecular weight is 111 g/mol. The van der Waals surface area contributed by atoms with Crippen molar-refractivity contribution in [2.45, 2.75) is 6.55 Å². The summed E-state index contributed by atoms with van der Waals surface area (Å²) in [6.07, 6.45) is 0. The highest BCUT2D eigenvalue weighted by molar-refractivity contribution is 6.27. The molecule has 0 rings (SSSR count). The fraction of sp³-hybridized carbons (Fsp3) is 1.00. The zero-order chi connectivity index (χ0) is 4.12. The fourth-order valence-corrected chi connectivity index (χ4v) is 0.694. The molecule has 32 valence electrons. The minimum absolute atomic E-state index is 0.218. The molecule has 5 heavy (non-hydrogen) atoms. The quantitative estimate of drug-likeness (QED) is 0.368. The van der Waals surface area contributed by atoms with Gasteiger partial charge >= 0.3 is 0 Å². The molecule has 0 aliphatic heterocycles. The van der Waals surface area contributed by atoms with Gasteiger partial charge in [-0.15, -0.1) is 0 Å². The summed E-state index contributed by atoms with van der Waals surface area (Å²) < 4.78 is 4.74. The first-order chi connectivity index (χ1) is 2.41. The van der Waals surface area contributed by atoms with Gasteiger partial charge in [-0.05, 0) is 0 Å². The van der Waals surface area contributed by atoms with Crippen LogP contribution in [-0.2, 0) is 4.43 Å². The largest absolute Gasteiger partial charge is 0.411 e. The smallest absolute Gasteiger partial charge is 0.160 e. The normalized spacial score (nSPS) is 10.8. The van der Waals surface area contributed by atoms with Crippen molar-refractivity contribution in [3.8, 4) is 0 Å². The molecule has 0 spiro atoms. The van der Waals surface area contributed by atoms with E-state index in [1.54, 1.807) is 0 Å². The van der Waals surface area contributed by atoms with Gasteiger partial charge in [0.15, 0.2) is 9.76 Å². The molecular formula is C2H7ClOSi. The van der Waals surface area contributed by atoms with Crippen molar-refractivity contribution < 1.29 is 4.43 Å². The number of halogens is 1. The molecule has 0 aliphatic carbocycles. The molecule has 3 heteroatoms. The maximum absolute atomic E-state index is 5.11. The molecule has 0 N–H and O–H groups in total. The van der Waals surface area contributed by atoms with E-state index in [0.29, 0.717) is 6.07 Å². The van der Waals surface area contributed by atoms with E-state index in [4.69, 9.17) is 16.0 Å². The molecule has 0 aromatic heterocycles. The van der Waals surface area contributed by atoms with E-state index in [2.05, 4.69) is 0 Å². The lowest BCUT2D eigenvalue weighted by molar-refractivity contribution is 0.417. The van der Waals surface area contributed by atoms with Crippen LogP contribution in [0.4, 0.5) is 0 Å². The molecule has 0 saturated carbocycles. The van der Waals surface area contributed by atoms with Gasteiger partial charge in [-0.2, -0.15) is 0 Å². The predicted octanol–water partition coefficient (Wildman–Crippen LogP) is 0.331. The maximum Gasteiger partial charge on any atom is 0.160 e. The van der Waals surface area contributed by atoms with E-state index in [1.165, 1.54) is 0 Å². The van der Waals surface area contributed by atoms with Gasteiger partial charge in [0.05, 0.1) is 0 Å². The summed E-state index contributed by atoms with van der Waals surface area (Å²) in [7, 11) is -0.218. The second-order valence-corrected chi connectivity index (χ2v) is 1.81. The Balaban J connectivity index is 2.19. The lowest BCUT2D eigenvalue weighted by Gasteiger charge is -1.84. The third kappa shape index (κ3) is 4.47. The van der Waals surface area contributed by atoms with Crippen molar-refractivity contribution in [3.05, 3.63) is 0 Å². The first-order valence-corrected chi connectivity index (χ1v) is 4.08. The summed E-state index contributed by atoms with van der Waals surface area (Å²) in [5.41, 5.74) is 0. The molecular weight excluding hydrogens is 104 g/mol. The van der Waals surface area contributed by atoms with Gasteiger partial charge in [0.2, 0.25) is 0 Å². The Kier molecular flexibility index (Phi) is 4.88. The van der Waals surface area contributed by atoms with Crippen LogP contribution in [0.1, 0.15) is 0 Å². The SMILES string of the molecule is C[SiH2]OCCl. The number of hydrogen-bond donors (Lipinski definition) is 0. The van der Waals surface area contributed by atoms with E-state index in [0.717, 1.165) is 0 Å². The Bertz CT molecular complexity index is 17.1. The Labute approximate surface area is 39.2 Å². The van der Waals surface area contributed by atoms with Crippen molar-refractivity contribution in [1.29, 1.82) is 0 Å². The molecule has 0 aromatic rings. The lowest BCUT2D eigenvalue weighted by Crippen LogP contribution is -1.86. The monoisotopic (exact) mass is 110 g/mol. The molecule has 0 fully saturated rings. The Morgan fingerprint density at radius 1 is 2.00 bits per heavy atom. The summed E-state index contributed by atoms with van der Waals surface area (Å²) in [6.45, 7) is 2.04. The molecule has 0 bridgehead atoms. The summed E-state index contributed by atoms with van der Waals surface area (Å²) in [6, 6.07) is 0.378. The molecule has 1 nitrogen and oxygen atoms in total. The average Bonchev–Trinajstić information content (AvgIpc) is 1.41. The Hall–Kier alpha value is 0.467. The third-order valence-electron chi connectivity index (χ3n) is 0.281. The first-order valence-electron chi connectivity index (χ1n) is 1.55. The van der Waals surface area contributed by atoms with E-state index in [-0.39, 0.29) is 9.76 Å². The first kappa shape index (κ1) is 5.47. The van der Waals surface area contributed by atoms with Gasteiger partial charge in [-0.1, -0.05) is 18.1 Å². The predicted molar refractivity (Wildman–Crippen MR) is 26.2 cm³/mol. The van der Waals surface area contributed by atoms with Crippen molar-refractivity contribution in [1.82, 2.24) is 0 Å². The van der Waals surface area contributed by atoms with Crippen LogP contribution in [-0.4, -0.2) is 15.8 Å². The summed E-state index contributed by atoms with van der Waals surface area (Å²) in [4.78, 5) is 0. The van der Waals surface area contributed by atoms with Crippen LogP contribution < -0.4 is 0 Å². The van der Waals surface area contributed by atoms with E-state index >= 15 is 0 Å². The highest BCUT2D eigenvalue weighted by Gasteiger charge is 1.67.